The molecule has 0 bridgehead atoms. The standard InChI is InChI=1S/C16H27N3O2/c1-10-7-13(10)19-9-11(8-14(19)20)18-15(21)12-5-3-4-6-16(12,2)17/h10-13H,3-9,17H2,1-2H3,(H,18,21). The number of carbonyl (C=O) groups is 2. The minimum atomic E-state index is -0.407. The molecule has 3 N–H and O–H groups in total. The molecule has 2 aliphatic carbocycles. The Bertz CT molecular complexity index is 449. The molecular formula is C16H27N3O2. The summed E-state index contributed by atoms with van der Waals surface area (Å²) in [7, 11) is 0. The Morgan fingerprint density at radius 3 is 2.76 bits per heavy atom. The zero-order valence-corrected chi connectivity index (χ0v) is 13.1. The number of nitrogens with zero attached hydrogens (tertiary/aromatic N) is 1. The van der Waals surface area contributed by atoms with Gasteiger partial charge in [0, 0.05) is 24.5 Å². The smallest absolute Gasteiger partial charge is 0.225 e. The van der Waals surface area contributed by atoms with Crippen LogP contribution in [0, 0.1) is 11.8 Å². The van der Waals surface area contributed by atoms with Gasteiger partial charge < -0.3 is 16.0 Å². The lowest BCUT2D eigenvalue weighted by molar-refractivity contribution is -0.128. The minimum absolute atomic E-state index is 0.0319. The van der Waals surface area contributed by atoms with Crippen LogP contribution in [0.1, 0.15) is 52.4 Å². The molecule has 2 amide bonds. The van der Waals surface area contributed by atoms with Crippen molar-refractivity contribution in [2.75, 3.05) is 6.54 Å². The van der Waals surface area contributed by atoms with E-state index in [9.17, 15) is 9.59 Å². The largest absolute Gasteiger partial charge is 0.351 e. The molecular weight excluding hydrogens is 266 g/mol. The monoisotopic (exact) mass is 293 g/mol. The quantitative estimate of drug-likeness (QED) is 0.816. The molecule has 0 aromatic heterocycles. The molecule has 0 aromatic carbocycles. The summed E-state index contributed by atoms with van der Waals surface area (Å²) in [5, 5.41) is 3.08. The average molecular weight is 293 g/mol. The molecule has 0 aromatic rings. The summed E-state index contributed by atoms with van der Waals surface area (Å²) < 4.78 is 0. The first kappa shape index (κ1) is 14.8. The number of nitrogens with one attached hydrogen (secondary N) is 1. The predicted molar refractivity (Wildman–Crippen MR) is 80.4 cm³/mol. The molecule has 0 radical (unpaired) electrons. The van der Waals surface area contributed by atoms with E-state index >= 15 is 0 Å². The molecule has 1 heterocycles. The highest BCUT2D eigenvalue weighted by molar-refractivity contribution is 5.84. The number of hydrogen-bond acceptors (Lipinski definition) is 3. The second-order valence-electron chi connectivity index (χ2n) is 7.54. The zero-order chi connectivity index (χ0) is 15.2. The van der Waals surface area contributed by atoms with Gasteiger partial charge in [0.15, 0.2) is 0 Å². The van der Waals surface area contributed by atoms with Crippen LogP contribution < -0.4 is 11.1 Å². The summed E-state index contributed by atoms with van der Waals surface area (Å²) in [5.74, 6) is 0.737. The molecule has 1 saturated heterocycles. The fourth-order valence-electron chi connectivity index (χ4n) is 3.98. The SMILES string of the molecule is CC1CC1N1CC(NC(=O)C2CCCCC2(C)N)CC1=O. The fourth-order valence-corrected chi connectivity index (χ4v) is 3.98. The first-order valence-corrected chi connectivity index (χ1v) is 8.27. The molecule has 3 rings (SSSR count). The van der Waals surface area contributed by atoms with Gasteiger partial charge in [-0.1, -0.05) is 19.8 Å². The van der Waals surface area contributed by atoms with Crippen molar-refractivity contribution in [3.05, 3.63) is 0 Å². The van der Waals surface area contributed by atoms with Crippen molar-refractivity contribution in [2.45, 2.75) is 70.0 Å². The van der Waals surface area contributed by atoms with Crippen molar-refractivity contribution in [3.8, 4) is 0 Å². The van der Waals surface area contributed by atoms with Crippen molar-refractivity contribution in [3.63, 3.8) is 0 Å². The number of rotatable bonds is 3. The van der Waals surface area contributed by atoms with E-state index in [1.807, 2.05) is 11.8 Å². The molecule has 3 fully saturated rings. The summed E-state index contributed by atoms with van der Waals surface area (Å²) in [5.41, 5.74) is 5.88. The summed E-state index contributed by atoms with van der Waals surface area (Å²) >= 11 is 0. The Balaban J connectivity index is 1.57. The van der Waals surface area contributed by atoms with Crippen LogP contribution in [-0.4, -0.2) is 40.9 Å². The second-order valence-corrected chi connectivity index (χ2v) is 7.54. The van der Waals surface area contributed by atoms with Gasteiger partial charge in [-0.05, 0) is 32.1 Å². The summed E-state index contributed by atoms with van der Waals surface area (Å²) in [6, 6.07) is 0.379. The number of nitrogens with two attached hydrogens (primary N) is 1. The topological polar surface area (TPSA) is 75.4 Å². The van der Waals surface area contributed by atoms with Crippen LogP contribution in [0.2, 0.25) is 0 Å². The van der Waals surface area contributed by atoms with E-state index in [0.29, 0.717) is 24.9 Å². The highest BCUT2D eigenvalue weighted by Crippen LogP contribution is 2.37. The molecule has 1 aliphatic heterocycles. The minimum Gasteiger partial charge on any atom is -0.351 e. The third-order valence-electron chi connectivity index (χ3n) is 5.54. The van der Waals surface area contributed by atoms with Gasteiger partial charge in [-0.2, -0.15) is 0 Å². The number of amides is 2. The van der Waals surface area contributed by atoms with Crippen molar-refractivity contribution < 1.29 is 9.59 Å². The third kappa shape index (κ3) is 2.93. The molecule has 5 nitrogen and oxygen atoms in total. The van der Waals surface area contributed by atoms with Crippen LogP contribution in [0.3, 0.4) is 0 Å². The van der Waals surface area contributed by atoms with Gasteiger partial charge in [0.2, 0.25) is 11.8 Å². The molecule has 118 valence electrons. The van der Waals surface area contributed by atoms with E-state index < -0.39 is 5.54 Å². The zero-order valence-electron chi connectivity index (χ0n) is 13.1. The number of hydrogen-bond donors (Lipinski definition) is 2. The lowest BCUT2D eigenvalue weighted by Crippen LogP contribution is -2.54. The molecule has 5 heteroatoms. The maximum absolute atomic E-state index is 12.5. The van der Waals surface area contributed by atoms with E-state index in [-0.39, 0.29) is 23.8 Å². The van der Waals surface area contributed by atoms with Crippen LogP contribution in [0.15, 0.2) is 0 Å². The van der Waals surface area contributed by atoms with Crippen LogP contribution in [0.25, 0.3) is 0 Å². The Hall–Kier alpha value is -1.10. The van der Waals surface area contributed by atoms with Crippen molar-refractivity contribution >= 4 is 11.8 Å². The van der Waals surface area contributed by atoms with Gasteiger partial charge in [0.1, 0.15) is 0 Å². The lowest BCUT2D eigenvalue weighted by atomic mass is 9.74. The van der Waals surface area contributed by atoms with Gasteiger partial charge in [-0.15, -0.1) is 0 Å². The van der Waals surface area contributed by atoms with Crippen LogP contribution in [0.5, 0.6) is 0 Å². The maximum atomic E-state index is 12.5. The number of carbonyl (C=O) groups excluding carboxylic acids is 2. The van der Waals surface area contributed by atoms with Crippen molar-refractivity contribution in [1.82, 2.24) is 10.2 Å². The van der Waals surface area contributed by atoms with Crippen LogP contribution in [0.4, 0.5) is 0 Å². The van der Waals surface area contributed by atoms with E-state index in [1.165, 1.54) is 0 Å². The Labute approximate surface area is 126 Å². The maximum Gasteiger partial charge on any atom is 0.225 e. The summed E-state index contributed by atoms with van der Waals surface area (Å²) in [4.78, 5) is 26.5. The molecule has 5 unspecified atom stereocenters. The molecule has 2 saturated carbocycles. The lowest BCUT2D eigenvalue weighted by Gasteiger charge is -2.37. The third-order valence-corrected chi connectivity index (χ3v) is 5.54. The van der Waals surface area contributed by atoms with Gasteiger partial charge in [-0.25, -0.2) is 0 Å². The Kier molecular flexibility index (Phi) is 3.72. The van der Waals surface area contributed by atoms with E-state index in [2.05, 4.69) is 12.2 Å². The molecule has 0 spiro atoms. The first-order valence-electron chi connectivity index (χ1n) is 8.27. The molecule has 3 aliphatic rings. The summed E-state index contributed by atoms with van der Waals surface area (Å²) in [6.45, 7) is 4.83. The van der Waals surface area contributed by atoms with E-state index in [1.54, 1.807) is 0 Å². The highest BCUT2D eigenvalue weighted by atomic mass is 16.2. The Morgan fingerprint density at radius 1 is 1.43 bits per heavy atom. The van der Waals surface area contributed by atoms with E-state index in [4.69, 9.17) is 5.73 Å². The average Bonchev–Trinajstić information content (AvgIpc) is 3.00. The van der Waals surface area contributed by atoms with Gasteiger partial charge in [0.25, 0.3) is 0 Å². The van der Waals surface area contributed by atoms with Crippen LogP contribution in [-0.2, 0) is 9.59 Å². The highest BCUT2D eigenvalue weighted by Gasteiger charge is 2.46. The normalized spacial score (nSPS) is 43.0. The van der Waals surface area contributed by atoms with Gasteiger partial charge in [-0.3, -0.25) is 9.59 Å². The fraction of sp³-hybridized carbons (Fsp3) is 0.875. The second kappa shape index (κ2) is 5.27. The van der Waals surface area contributed by atoms with Crippen molar-refractivity contribution in [2.24, 2.45) is 17.6 Å². The van der Waals surface area contributed by atoms with Gasteiger partial charge in [0.05, 0.1) is 12.0 Å². The first-order chi connectivity index (χ1) is 9.88. The predicted octanol–water partition coefficient (Wildman–Crippen LogP) is 1.02. The van der Waals surface area contributed by atoms with E-state index in [0.717, 1.165) is 32.1 Å². The molecule has 5 atom stereocenters. The summed E-state index contributed by atoms with van der Waals surface area (Å²) in [6.07, 6.45) is 5.49. The van der Waals surface area contributed by atoms with Gasteiger partial charge >= 0.3 is 0 Å². The molecule has 21 heavy (non-hydrogen) atoms. The Morgan fingerprint density at radius 2 is 2.14 bits per heavy atom. The number of likely N-dealkylation sites (tertiary alicyclic amines) is 1. The van der Waals surface area contributed by atoms with Crippen molar-refractivity contribution in [1.29, 1.82) is 0 Å². The van der Waals surface area contributed by atoms with Crippen LogP contribution >= 0.6 is 0 Å².